The van der Waals surface area contributed by atoms with Gasteiger partial charge in [-0.25, -0.2) is 4.79 Å². The van der Waals surface area contributed by atoms with E-state index in [1.54, 1.807) is 11.6 Å². The summed E-state index contributed by atoms with van der Waals surface area (Å²) >= 11 is 0. The largest absolute Gasteiger partial charge is 0.385 e. The molecule has 1 aromatic heterocycles. The number of benzene rings is 1. The number of aromatic nitrogens is 2. The van der Waals surface area contributed by atoms with Crippen LogP contribution < -0.4 is 5.69 Å². The van der Waals surface area contributed by atoms with Crippen LogP contribution in [0.2, 0.25) is 0 Å². The minimum Gasteiger partial charge on any atom is -0.385 e. The molecule has 4 heteroatoms. The van der Waals surface area contributed by atoms with Gasteiger partial charge in [0.1, 0.15) is 0 Å². The summed E-state index contributed by atoms with van der Waals surface area (Å²) in [7, 11) is 1.73. The second-order valence-corrected chi connectivity index (χ2v) is 4.25. The van der Waals surface area contributed by atoms with Crippen LogP contribution in [0, 0.1) is 0 Å². The maximum Gasteiger partial charge on any atom is 0.326 e. The highest BCUT2D eigenvalue weighted by Crippen LogP contribution is 2.45. The zero-order valence-electron chi connectivity index (χ0n) is 8.45. The molecule has 2 N–H and O–H groups in total. The number of H-pyrrole nitrogens is 1. The van der Waals surface area contributed by atoms with E-state index in [0.29, 0.717) is 0 Å². The number of aromatic amines is 1. The van der Waals surface area contributed by atoms with Crippen molar-refractivity contribution in [1.29, 1.82) is 0 Å². The number of nitrogens with one attached hydrogen (secondary N) is 1. The molecule has 0 spiro atoms. The maximum atomic E-state index is 11.4. The Bertz CT molecular complexity index is 590. The van der Waals surface area contributed by atoms with Gasteiger partial charge in [0, 0.05) is 7.05 Å². The van der Waals surface area contributed by atoms with Crippen molar-refractivity contribution < 1.29 is 5.11 Å². The van der Waals surface area contributed by atoms with E-state index in [2.05, 4.69) is 4.98 Å². The second kappa shape index (κ2) is 2.52. The van der Waals surface area contributed by atoms with Crippen LogP contribution >= 0.6 is 0 Å². The van der Waals surface area contributed by atoms with Crippen molar-refractivity contribution in [3.05, 3.63) is 34.2 Å². The number of aliphatic hydroxyl groups is 1. The highest BCUT2D eigenvalue weighted by atomic mass is 16.3. The SMILES string of the molecule is Cn1c(=O)[nH]c2cc(C3(O)CC3)ccc21. The van der Waals surface area contributed by atoms with Crippen molar-refractivity contribution in [3.63, 3.8) is 0 Å². The van der Waals surface area contributed by atoms with Crippen molar-refractivity contribution >= 4 is 11.0 Å². The van der Waals surface area contributed by atoms with E-state index >= 15 is 0 Å². The van der Waals surface area contributed by atoms with Crippen LogP contribution in [0.25, 0.3) is 11.0 Å². The number of hydrogen-bond donors (Lipinski definition) is 2. The van der Waals surface area contributed by atoms with Gasteiger partial charge in [0.2, 0.25) is 0 Å². The van der Waals surface area contributed by atoms with E-state index < -0.39 is 5.60 Å². The Hall–Kier alpha value is -1.55. The first kappa shape index (κ1) is 8.73. The van der Waals surface area contributed by atoms with E-state index in [4.69, 9.17) is 0 Å². The van der Waals surface area contributed by atoms with Gasteiger partial charge in [0.25, 0.3) is 0 Å². The molecular formula is C11H12N2O2. The number of rotatable bonds is 1. The molecule has 0 amide bonds. The molecule has 1 aromatic carbocycles. The molecule has 15 heavy (non-hydrogen) atoms. The summed E-state index contributed by atoms with van der Waals surface area (Å²) in [6, 6.07) is 5.63. The van der Waals surface area contributed by atoms with E-state index in [9.17, 15) is 9.90 Å². The molecule has 78 valence electrons. The first-order valence-electron chi connectivity index (χ1n) is 5.02. The lowest BCUT2D eigenvalue weighted by Gasteiger charge is -2.07. The fourth-order valence-corrected chi connectivity index (χ4v) is 1.93. The number of hydrogen-bond acceptors (Lipinski definition) is 2. The van der Waals surface area contributed by atoms with Crippen molar-refractivity contribution in [3.8, 4) is 0 Å². The standard InChI is InChI=1S/C11H12N2O2/c1-13-9-3-2-7(11(15)4-5-11)6-8(9)12-10(13)14/h2-3,6,15H,4-5H2,1H3,(H,12,14). The average Bonchev–Trinajstić information content (AvgIpc) is 2.90. The van der Waals surface area contributed by atoms with Crippen molar-refractivity contribution in [2.75, 3.05) is 0 Å². The lowest BCUT2D eigenvalue weighted by Crippen LogP contribution is -2.11. The van der Waals surface area contributed by atoms with Gasteiger partial charge in [-0.1, -0.05) is 6.07 Å². The van der Waals surface area contributed by atoms with Crippen LogP contribution in [0.5, 0.6) is 0 Å². The highest BCUT2D eigenvalue weighted by Gasteiger charge is 2.42. The van der Waals surface area contributed by atoms with Crippen LogP contribution in [-0.2, 0) is 12.6 Å². The molecule has 1 saturated carbocycles. The minimum absolute atomic E-state index is 0.120. The van der Waals surface area contributed by atoms with E-state index in [-0.39, 0.29) is 5.69 Å². The van der Waals surface area contributed by atoms with Crippen LogP contribution in [0.3, 0.4) is 0 Å². The predicted octanol–water partition coefficient (Wildman–Crippen LogP) is 0.848. The quantitative estimate of drug-likeness (QED) is 0.723. The van der Waals surface area contributed by atoms with E-state index in [1.165, 1.54) is 0 Å². The molecular weight excluding hydrogens is 192 g/mol. The Balaban J connectivity index is 2.27. The van der Waals surface area contributed by atoms with Gasteiger partial charge in [0.05, 0.1) is 16.6 Å². The third-order valence-electron chi connectivity index (χ3n) is 3.17. The molecule has 1 aliphatic carbocycles. The third kappa shape index (κ3) is 1.15. The van der Waals surface area contributed by atoms with Crippen LogP contribution in [0.1, 0.15) is 18.4 Å². The number of imidazole rings is 1. The first-order valence-corrected chi connectivity index (χ1v) is 5.02. The van der Waals surface area contributed by atoms with Crippen LogP contribution in [-0.4, -0.2) is 14.7 Å². The maximum absolute atomic E-state index is 11.4. The first-order chi connectivity index (χ1) is 7.10. The molecule has 0 aliphatic heterocycles. The number of fused-ring (bicyclic) bond motifs is 1. The smallest absolute Gasteiger partial charge is 0.326 e. The predicted molar refractivity (Wildman–Crippen MR) is 56.7 cm³/mol. The molecule has 1 fully saturated rings. The summed E-state index contributed by atoms with van der Waals surface area (Å²) in [5.41, 5.74) is 1.80. The molecule has 0 saturated heterocycles. The summed E-state index contributed by atoms with van der Waals surface area (Å²) in [5, 5.41) is 9.94. The third-order valence-corrected chi connectivity index (χ3v) is 3.17. The fourth-order valence-electron chi connectivity index (χ4n) is 1.93. The Morgan fingerprint density at radius 3 is 2.87 bits per heavy atom. The topological polar surface area (TPSA) is 58.0 Å². The normalized spacial score (nSPS) is 18.3. The van der Waals surface area contributed by atoms with Gasteiger partial charge in [-0.3, -0.25) is 4.57 Å². The van der Waals surface area contributed by atoms with Gasteiger partial charge in [-0.2, -0.15) is 0 Å². The second-order valence-electron chi connectivity index (χ2n) is 4.25. The molecule has 0 atom stereocenters. The Morgan fingerprint density at radius 2 is 2.20 bits per heavy atom. The molecule has 3 rings (SSSR count). The molecule has 1 aliphatic rings. The van der Waals surface area contributed by atoms with Crippen molar-refractivity contribution in [2.45, 2.75) is 18.4 Å². The van der Waals surface area contributed by atoms with Gasteiger partial charge >= 0.3 is 5.69 Å². The lowest BCUT2D eigenvalue weighted by atomic mass is 10.1. The summed E-state index contributed by atoms with van der Waals surface area (Å²) < 4.78 is 1.57. The van der Waals surface area contributed by atoms with Crippen molar-refractivity contribution in [2.24, 2.45) is 7.05 Å². The molecule has 0 bridgehead atoms. The average molecular weight is 204 g/mol. The lowest BCUT2D eigenvalue weighted by molar-refractivity contribution is 0.151. The van der Waals surface area contributed by atoms with E-state index in [0.717, 1.165) is 29.4 Å². The molecule has 1 heterocycles. The van der Waals surface area contributed by atoms with Gasteiger partial charge in [-0.05, 0) is 30.5 Å². The summed E-state index contributed by atoms with van der Waals surface area (Å²) in [6.07, 6.45) is 1.63. The zero-order valence-corrected chi connectivity index (χ0v) is 8.45. The molecule has 4 nitrogen and oxygen atoms in total. The monoisotopic (exact) mass is 204 g/mol. The van der Waals surface area contributed by atoms with Crippen LogP contribution in [0.15, 0.2) is 23.0 Å². The minimum atomic E-state index is -0.638. The summed E-state index contributed by atoms with van der Waals surface area (Å²) in [6.45, 7) is 0. The zero-order chi connectivity index (χ0) is 10.6. The van der Waals surface area contributed by atoms with Crippen molar-refractivity contribution in [1.82, 2.24) is 9.55 Å². The Labute approximate surface area is 86.2 Å². The Morgan fingerprint density at radius 1 is 1.47 bits per heavy atom. The molecule has 0 radical (unpaired) electrons. The number of nitrogens with zero attached hydrogens (tertiary/aromatic N) is 1. The molecule has 0 unspecified atom stereocenters. The van der Waals surface area contributed by atoms with Gasteiger partial charge in [-0.15, -0.1) is 0 Å². The molecule has 2 aromatic rings. The van der Waals surface area contributed by atoms with Gasteiger partial charge < -0.3 is 10.1 Å². The Kier molecular flexibility index (Phi) is 1.47. The van der Waals surface area contributed by atoms with Crippen LogP contribution in [0.4, 0.5) is 0 Å². The summed E-state index contributed by atoms with van der Waals surface area (Å²) in [5.74, 6) is 0. The van der Waals surface area contributed by atoms with E-state index in [1.807, 2.05) is 18.2 Å². The number of aryl methyl sites for hydroxylation is 1. The van der Waals surface area contributed by atoms with Gasteiger partial charge in [0.15, 0.2) is 0 Å². The fraction of sp³-hybridized carbons (Fsp3) is 0.364. The highest BCUT2D eigenvalue weighted by molar-refractivity contribution is 5.76. The summed E-state index contributed by atoms with van der Waals surface area (Å²) in [4.78, 5) is 14.1.